The molecule has 0 spiro atoms. The fourth-order valence-corrected chi connectivity index (χ4v) is 4.09. The zero-order valence-corrected chi connectivity index (χ0v) is 17.7. The van der Waals surface area contributed by atoms with Gasteiger partial charge in [-0.25, -0.2) is 9.59 Å². The monoisotopic (exact) mass is 404 g/mol. The van der Waals surface area contributed by atoms with E-state index in [2.05, 4.69) is 5.32 Å². The topological polar surface area (TPSA) is 108 Å². The van der Waals surface area contributed by atoms with Gasteiger partial charge in [0.25, 0.3) is 0 Å². The molecule has 1 aromatic carbocycles. The predicted octanol–water partition coefficient (Wildman–Crippen LogP) is 3.90. The number of piperidine rings is 1. The lowest BCUT2D eigenvalue weighted by Gasteiger charge is -2.36. The molecule has 0 unspecified atom stereocenters. The van der Waals surface area contributed by atoms with Crippen LogP contribution in [0.3, 0.4) is 0 Å². The van der Waals surface area contributed by atoms with Crippen LogP contribution >= 0.6 is 0 Å². The summed E-state index contributed by atoms with van der Waals surface area (Å²) in [5, 5.41) is 13.0. The summed E-state index contributed by atoms with van der Waals surface area (Å²) in [7, 11) is 0. The Labute approximate surface area is 172 Å². The maximum Gasteiger partial charge on any atom is 0.412 e. The Hall–Kier alpha value is -2.64. The molecule has 3 rings (SSSR count). The molecule has 2 aliphatic heterocycles. The van der Waals surface area contributed by atoms with Gasteiger partial charge >= 0.3 is 12.2 Å². The second kappa shape index (κ2) is 8.00. The van der Waals surface area contributed by atoms with E-state index in [1.807, 2.05) is 39.8 Å². The van der Waals surface area contributed by atoms with E-state index >= 15 is 0 Å². The molecular formula is C21H32N4O4. The van der Waals surface area contributed by atoms with E-state index in [0.29, 0.717) is 24.5 Å². The van der Waals surface area contributed by atoms with E-state index in [1.165, 1.54) is 4.90 Å². The van der Waals surface area contributed by atoms with Gasteiger partial charge in [-0.1, -0.05) is 0 Å². The molecule has 2 atom stereocenters. The van der Waals surface area contributed by atoms with Crippen LogP contribution in [-0.4, -0.2) is 53.0 Å². The highest BCUT2D eigenvalue weighted by Gasteiger charge is 2.31. The predicted molar refractivity (Wildman–Crippen MR) is 114 cm³/mol. The molecular weight excluding hydrogens is 372 g/mol. The molecule has 1 saturated heterocycles. The van der Waals surface area contributed by atoms with Crippen LogP contribution in [0.25, 0.3) is 0 Å². The molecule has 2 heterocycles. The van der Waals surface area contributed by atoms with Gasteiger partial charge < -0.3 is 25.8 Å². The standard InChI is InChI=1S/C21H32N4O4/c1-13-7-8-15-17(25(13)19(26)27)10-9-16(18(15)22)23-14-6-5-11-24(12-14)20(28)29-21(2,3)4/h9-10,13-14,23H,5-8,11-12,22H2,1-4H3,(H,26,27)/t13-,14+/m0/s1. The molecule has 2 amide bonds. The van der Waals surface area contributed by atoms with Gasteiger partial charge in [0.2, 0.25) is 0 Å². The quantitative estimate of drug-likeness (QED) is 0.645. The maximum atomic E-state index is 12.4. The Morgan fingerprint density at radius 2 is 2.00 bits per heavy atom. The first-order valence-corrected chi connectivity index (χ1v) is 10.2. The molecule has 29 heavy (non-hydrogen) atoms. The van der Waals surface area contributed by atoms with Gasteiger partial charge in [0.15, 0.2) is 0 Å². The lowest BCUT2D eigenvalue weighted by Crippen LogP contribution is -2.47. The summed E-state index contributed by atoms with van der Waals surface area (Å²) in [5.74, 6) is 0. The number of carbonyl (C=O) groups excluding carboxylic acids is 1. The average molecular weight is 405 g/mol. The van der Waals surface area contributed by atoms with Crippen molar-refractivity contribution in [2.24, 2.45) is 0 Å². The lowest BCUT2D eigenvalue weighted by atomic mass is 9.94. The van der Waals surface area contributed by atoms with E-state index in [9.17, 15) is 14.7 Å². The molecule has 160 valence electrons. The average Bonchev–Trinajstić information content (AvgIpc) is 2.62. The highest BCUT2D eigenvalue weighted by Crippen LogP contribution is 2.38. The molecule has 1 aromatic rings. The van der Waals surface area contributed by atoms with E-state index in [4.69, 9.17) is 10.5 Å². The number of benzene rings is 1. The van der Waals surface area contributed by atoms with Crippen LogP contribution in [0.1, 0.15) is 52.5 Å². The molecule has 0 saturated carbocycles. The van der Waals surface area contributed by atoms with Crippen molar-refractivity contribution in [1.29, 1.82) is 0 Å². The fourth-order valence-electron chi connectivity index (χ4n) is 4.09. The van der Waals surface area contributed by atoms with E-state index < -0.39 is 11.7 Å². The summed E-state index contributed by atoms with van der Waals surface area (Å²) in [4.78, 5) is 27.2. The second-order valence-corrected chi connectivity index (χ2v) is 8.97. The first-order valence-electron chi connectivity index (χ1n) is 10.2. The van der Waals surface area contributed by atoms with Gasteiger partial charge in [0.1, 0.15) is 5.60 Å². The number of rotatable bonds is 2. The van der Waals surface area contributed by atoms with Crippen molar-refractivity contribution in [1.82, 2.24) is 4.90 Å². The Morgan fingerprint density at radius 3 is 2.66 bits per heavy atom. The van der Waals surface area contributed by atoms with Crippen LogP contribution in [0.2, 0.25) is 0 Å². The Morgan fingerprint density at radius 1 is 1.28 bits per heavy atom. The molecule has 8 nitrogen and oxygen atoms in total. The van der Waals surface area contributed by atoms with Crippen molar-refractivity contribution in [2.45, 2.75) is 71.1 Å². The van der Waals surface area contributed by atoms with Crippen LogP contribution in [-0.2, 0) is 11.2 Å². The highest BCUT2D eigenvalue weighted by atomic mass is 16.6. The number of carboxylic acid groups (broad SMARTS) is 1. The molecule has 0 radical (unpaired) electrons. The molecule has 4 N–H and O–H groups in total. The van der Waals surface area contributed by atoms with Crippen molar-refractivity contribution < 1.29 is 19.4 Å². The van der Waals surface area contributed by atoms with Crippen LogP contribution in [0.4, 0.5) is 26.7 Å². The summed E-state index contributed by atoms with van der Waals surface area (Å²) in [6.07, 6.45) is 2.03. The largest absolute Gasteiger partial charge is 0.465 e. The minimum atomic E-state index is -0.959. The van der Waals surface area contributed by atoms with Gasteiger partial charge in [0.05, 0.1) is 17.1 Å². The first-order chi connectivity index (χ1) is 13.6. The third kappa shape index (κ3) is 4.68. The number of hydrogen-bond donors (Lipinski definition) is 3. The number of anilines is 3. The summed E-state index contributed by atoms with van der Waals surface area (Å²) >= 11 is 0. The second-order valence-electron chi connectivity index (χ2n) is 8.97. The number of nitrogens with zero attached hydrogens (tertiary/aromatic N) is 2. The van der Waals surface area contributed by atoms with Crippen LogP contribution in [0, 0.1) is 0 Å². The van der Waals surface area contributed by atoms with Crippen LogP contribution in [0.15, 0.2) is 12.1 Å². The molecule has 2 aliphatic rings. The zero-order chi connectivity index (χ0) is 21.3. The number of likely N-dealkylation sites (tertiary alicyclic amines) is 1. The van der Waals surface area contributed by atoms with Crippen molar-refractivity contribution in [3.8, 4) is 0 Å². The fraction of sp³-hybridized carbons (Fsp3) is 0.619. The summed E-state index contributed by atoms with van der Waals surface area (Å²) in [6.45, 7) is 8.72. The Balaban J connectivity index is 1.74. The van der Waals surface area contributed by atoms with Crippen molar-refractivity contribution in [3.63, 3.8) is 0 Å². The molecule has 0 aromatic heterocycles. The number of carbonyl (C=O) groups is 2. The maximum absolute atomic E-state index is 12.4. The Kier molecular flexibility index (Phi) is 5.82. The Bertz CT molecular complexity index is 790. The molecule has 0 bridgehead atoms. The third-order valence-electron chi connectivity index (χ3n) is 5.48. The van der Waals surface area contributed by atoms with E-state index in [0.717, 1.165) is 36.9 Å². The number of ether oxygens (including phenoxy) is 1. The first kappa shape index (κ1) is 21.1. The van der Waals surface area contributed by atoms with Gasteiger partial charge in [0, 0.05) is 30.7 Å². The summed E-state index contributed by atoms with van der Waals surface area (Å²) in [5.41, 5.74) is 8.82. The van der Waals surface area contributed by atoms with Crippen molar-refractivity contribution in [3.05, 3.63) is 17.7 Å². The van der Waals surface area contributed by atoms with E-state index in [-0.39, 0.29) is 18.2 Å². The van der Waals surface area contributed by atoms with Gasteiger partial charge in [-0.15, -0.1) is 0 Å². The highest BCUT2D eigenvalue weighted by molar-refractivity contribution is 5.92. The van der Waals surface area contributed by atoms with Gasteiger partial charge in [-0.3, -0.25) is 4.90 Å². The number of nitrogens with one attached hydrogen (secondary N) is 1. The zero-order valence-electron chi connectivity index (χ0n) is 17.7. The summed E-state index contributed by atoms with van der Waals surface area (Å²) in [6, 6.07) is 3.66. The van der Waals surface area contributed by atoms with Gasteiger partial charge in [-0.2, -0.15) is 0 Å². The van der Waals surface area contributed by atoms with Crippen molar-refractivity contribution in [2.75, 3.05) is 29.0 Å². The van der Waals surface area contributed by atoms with E-state index in [1.54, 1.807) is 4.90 Å². The molecule has 0 aliphatic carbocycles. The number of hydrogen-bond acceptors (Lipinski definition) is 5. The number of amides is 2. The van der Waals surface area contributed by atoms with Crippen LogP contribution in [0.5, 0.6) is 0 Å². The number of nitrogen functional groups attached to an aromatic ring is 1. The smallest absolute Gasteiger partial charge is 0.412 e. The third-order valence-corrected chi connectivity index (χ3v) is 5.48. The number of fused-ring (bicyclic) bond motifs is 1. The van der Waals surface area contributed by atoms with Gasteiger partial charge in [-0.05, 0) is 65.5 Å². The normalized spacial score (nSPS) is 22.1. The van der Waals surface area contributed by atoms with Crippen LogP contribution < -0.4 is 16.0 Å². The minimum absolute atomic E-state index is 0.0645. The minimum Gasteiger partial charge on any atom is -0.465 e. The summed E-state index contributed by atoms with van der Waals surface area (Å²) < 4.78 is 5.49. The number of nitrogens with two attached hydrogens (primary N) is 1. The van der Waals surface area contributed by atoms with Crippen molar-refractivity contribution >= 4 is 29.2 Å². The molecule has 8 heteroatoms. The lowest BCUT2D eigenvalue weighted by molar-refractivity contribution is 0.0206. The molecule has 1 fully saturated rings. The SMILES string of the molecule is C[C@H]1CCc2c(ccc(N[C@@H]3CCCN(C(=O)OC(C)(C)C)C3)c2N)N1C(=O)O.